The lowest BCUT2D eigenvalue weighted by Crippen LogP contribution is -2.50. The number of likely N-dealkylation sites (tertiary alicyclic amines) is 1. The summed E-state index contributed by atoms with van der Waals surface area (Å²) in [7, 11) is 1.85. The number of hydrogen-bond donors (Lipinski definition) is 1. The van der Waals surface area contributed by atoms with Gasteiger partial charge in [-0.1, -0.05) is 12.8 Å². The zero-order valence-corrected chi connectivity index (χ0v) is 17.0. The van der Waals surface area contributed by atoms with E-state index >= 15 is 0 Å². The maximum absolute atomic E-state index is 12.6. The molecule has 1 N–H and O–H groups in total. The van der Waals surface area contributed by atoms with Gasteiger partial charge in [-0.2, -0.15) is 0 Å². The van der Waals surface area contributed by atoms with Gasteiger partial charge in [-0.05, 0) is 25.2 Å². The van der Waals surface area contributed by atoms with Crippen molar-refractivity contribution in [2.45, 2.75) is 32.1 Å². The van der Waals surface area contributed by atoms with Gasteiger partial charge in [0.15, 0.2) is 5.96 Å². The molecule has 1 saturated carbocycles. The molecule has 0 unspecified atom stereocenters. The van der Waals surface area contributed by atoms with Gasteiger partial charge in [0.25, 0.3) is 0 Å². The summed E-state index contributed by atoms with van der Waals surface area (Å²) in [5.41, 5.74) is 0. The van der Waals surface area contributed by atoms with Crippen molar-refractivity contribution in [3.8, 4) is 0 Å². The largest absolute Gasteiger partial charge is 0.378 e. The van der Waals surface area contributed by atoms with Crippen LogP contribution in [-0.4, -0.2) is 74.7 Å². The Morgan fingerprint density at radius 1 is 1.08 bits per heavy atom. The van der Waals surface area contributed by atoms with Crippen LogP contribution < -0.4 is 5.32 Å². The first-order chi connectivity index (χ1) is 11.3. The van der Waals surface area contributed by atoms with E-state index in [9.17, 15) is 4.79 Å². The van der Waals surface area contributed by atoms with Gasteiger partial charge in [0, 0.05) is 45.7 Å². The number of hydrogen-bond acceptors (Lipinski definition) is 3. The molecular weight excluding hydrogens is 419 g/mol. The SMILES string of the molecule is CN=C(NCCC1CC1)N1CCC(C(=O)N2CCOCC2)CC1.I. The third-order valence-corrected chi connectivity index (χ3v) is 5.21. The number of ether oxygens (including phenoxy) is 1. The summed E-state index contributed by atoms with van der Waals surface area (Å²) in [6.45, 7) is 5.73. The highest BCUT2D eigenvalue weighted by Gasteiger charge is 2.30. The van der Waals surface area contributed by atoms with Crippen LogP contribution in [0.3, 0.4) is 0 Å². The van der Waals surface area contributed by atoms with Crippen LogP contribution in [0.2, 0.25) is 0 Å². The molecule has 2 heterocycles. The standard InChI is InChI=1S/C17H30N4O2.HI/c1-18-17(19-7-4-14-2-3-14)21-8-5-15(6-9-21)16(22)20-10-12-23-13-11-20;/h14-15H,2-13H2,1H3,(H,18,19);1H. The molecule has 0 atom stereocenters. The van der Waals surface area contributed by atoms with Crippen molar-refractivity contribution < 1.29 is 9.53 Å². The van der Waals surface area contributed by atoms with Crippen molar-refractivity contribution in [2.24, 2.45) is 16.8 Å². The van der Waals surface area contributed by atoms with Gasteiger partial charge < -0.3 is 19.9 Å². The maximum Gasteiger partial charge on any atom is 0.225 e. The molecule has 3 aliphatic rings. The number of nitrogens with one attached hydrogen (secondary N) is 1. The molecule has 6 nitrogen and oxygen atoms in total. The van der Waals surface area contributed by atoms with Gasteiger partial charge in [-0.3, -0.25) is 9.79 Å². The number of nitrogens with zero attached hydrogens (tertiary/aromatic N) is 3. The first-order valence-corrected chi connectivity index (χ1v) is 9.10. The van der Waals surface area contributed by atoms with Gasteiger partial charge in [0.1, 0.15) is 0 Å². The number of carbonyl (C=O) groups excluding carboxylic acids is 1. The van der Waals surface area contributed by atoms with Crippen molar-refractivity contribution in [1.29, 1.82) is 0 Å². The average Bonchev–Trinajstić information content (AvgIpc) is 3.43. The number of amides is 1. The molecule has 0 radical (unpaired) electrons. The van der Waals surface area contributed by atoms with Gasteiger partial charge in [-0.15, -0.1) is 24.0 Å². The highest BCUT2D eigenvalue weighted by Crippen LogP contribution is 2.31. The fraction of sp³-hybridized carbons (Fsp3) is 0.882. The molecule has 1 aliphatic carbocycles. The van der Waals surface area contributed by atoms with Crippen molar-refractivity contribution in [3.05, 3.63) is 0 Å². The second-order valence-corrected chi connectivity index (χ2v) is 6.91. The number of piperidine rings is 1. The number of halogens is 1. The first kappa shape index (κ1) is 19.8. The molecular formula is C17H31IN4O2. The summed E-state index contributed by atoms with van der Waals surface area (Å²) in [6.07, 6.45) is 5.91. The zero-order chi connectivity index (χ0) is 16.1. The third kappa shape index (κ3) is 5.47. The van der Waals surface area contributed by atoms with Crippen LogP contribution in [0.15, 0.2) is 4.99 Å². The summed E-state index contributed by atoms with van der Waals surface area (Å²) in [4.78, 5) is 21.2. The molecule has 0 aromatic carbocycles. The fourth-order valence-electron chi connectivity index (χ4n) is 3.51. The number of morpholine rings is 1. The Labute approximate surface area is 162 Å². The van der Waals surface area contributed by atoms with Crippen LogP contribution in [0, 0.1) is 11.8 Å². The summed E-state index contributed by atoms with van der Waals surface area (Å²) >= 11 is 0. The lowest BCUT2D eigenvalue weighted by Gasteiger charge is -2.36. The topological polar surface area (TPSA) is 57.2 Å². The minimum Gasteiger partial charge on any atom is -0.378 e. The fourth-order valence-corrected chi connectivity index (χ4v) is 3.51. The Hall–Kier alpha value is -0.570. The Balaban J connectivity index is 0.00000208. The van der Waals surface area contributed by atoms with Gasteiger partial charge in [0.2, 0.25) is 5.91 Å². The summed E-state index contributed by atoms with van der Waals surface area (Å²) in [5, 5.41) is 3.48. The molecule has 0 aromatic rings. The molecule has 24 heavy (non-hydrogen) atoms. The first-order valence-electron chi connectivity index (χ1n) is 9.10. The smallest absolute Gasteiger partial charge is 0.225 e. The van der Waals surface area contributed by atoms with Crippen molar-refractivity contribution in [2.75, 3.05) is 53.0 Å². The molecule has 1 amide bonds. The molecule has 2 aliphatic heterocycles. The lowest BCUT2D eigenvalue weighted by atomic mass is 9.95. The van der Waals surface area contributed by atoms with E-state index in [1.54, 1.807) is 0 Å². The molecule has 0 bridgehead atoms. The molecule has 3 rings (SSSR count). The zero-order valence-electron chi connectivity index (χ0n) is 14.7. The van der Waals surface area contributed by atoms with E-state index in [0.717, 1.165) is 57.4 Å². The Morgan fingerprint density at radius 2 is 1.75 bits per heavy atom. The van der Waals surface area contributed by atoms with E-state index in [1.165, 1.54) is 19.3 Å². The van der Waals surface area contributed by atoms with Crippen LogP contribution >= 0.6 is 24.0 Å². The minimum absolute atomic E-state index is 0. The van der Waals surface area contributed by atoms with Crippen LogP contribution in [0.25, 0.3) is 0 Å². The number of rotatable bonds is 4. The van der Waals surface area contributed by atoms with Crippen LogP contribution in [0.4, 0.5) is 0 Å². The number of aliphatic imine (C=N–C) groups is 1. The highest BCUT2D eigenvalue weighted by molar-refractivity contribution is 14.0. The molecule has 2 saturated heterocycles. The monoisotopic (exact) mass is 450 g/mol. The van der Waals surface area contributed by atoms with Gasteiger partial charge in [-0.25, -0.2) is 0 Å². The molecule has 138 valence electrons. The lowest BCUT2D eigenvalue weighted by molar-refractivity contribution is -0.140. The number of guanidine groups is 1. The summed E-state index contributed by atoms with van der Waals surface area (Å²) < 4.78 is 5.33. The van der Waals surface area contributed by atoms with Crippen molar-refractivity contribution >= 4 is 35.8 Å². The molecule has 7 heteroatoms. The van der Waals surface area contributed by atoms with Crippen LogP contribution in [-0.2, 0) is 9.53 Å². The molecule has 0 spiro atoms. The number of carbonyl (C=O) groups is 1. The summed E-state index contributed by atoms with van der Waals surface area (Å²) in [6, 6.07) is 0. The van der Waals surface area contributed by atoms with Crippen molar-refractivity contribution in [1.82, 2.24) is 15.1 Å². The summed E-state index contributed by atoms with van der Waals surface area (Å²) in [5.74, 6) is 2.44. The van der Waals surface area contributed by atoms with E-state index in [2.05, 4.69) is 15.2 Å². The third-order valence-electron chi connectivity index (χ3n) is 5.21. The van der Waals surface area contributed by atoms with E-state index in [4.69, 9.17) is 4.74 Å². The van der Waals surface area contributed by atoms with E-state index in [-0.39, 0.29) is 29.9 Å². The van der Waals surface area contributed by atoms with Gasteiger partial charge >= 0.3 is 0 Å². The average molecular weight is 450 g/mol. The Morgan fingerprint density at radius 3 is 2.33 bits per heavy atom. The van der Waals surface area contributed by atoms with Gasteiger partial charge in [0.05, 0.1) is 13.2 Å². The normalized spacial score (nSPS) is 23.0. The molecule has 3 fully saturated rings. The second-order valence-electron chi connectivity index (χ2n) is 6.91. The van der Waals surface area contributed by atoms with E-state index < -0.39 is 0 Å². The molecule has 0 aromatic heterocycles. The Bertz CT molecular complexity index is 428. The highest BCUT2D eigenvalue weighted by atomic mass is 127. The predicted molar refractivity (Wildman–Crippen MR) is 106 cm³/mol. The van der Waals surface area contributed by atoms with Crippen LogP contribution in [0.1, 0.15) is 32.1 Å². The Kier molecular flexibility index (Phi) is 8.06. The van der Waals surface area contributed by atoms with Crippen LogP contribution in [0.5, 0.6) is 0 Å². The van der Waals surface area contributed by atoms with E-state index in [1.807, 2.05) is 11.9 Å². The maximum atomic E-state index is 12.6. The van der Waals surface area contributed by atoms with E-state index in [0.29, 0.717) is 19.1 Å². The quantitative estimate of drug-likeness (QED) is 0.401. The van der Waals surface area contributed by atoms with Crippen molar-refractivity contribution in [3.63, 3.8) is 0 Å². The minimum atomic E-state index is 0. The second kappa shape index (κ2) is 9.79. The predicted octanol–water partition coefficient (Wildman–Crippen LogP) is 1.55.